The second-order valence-corrected chi connectivity index (χ2v) is 6.65. The average Bonchev–Trinajstić information content (AvgIpc) is 2.96. The largest absolute Gasteiger partial charge is 0.373 e. The van der Waals surface area contributed by atoms with Gasteiger partial charge in [0, 0.05) is 51.5 Å². The number of ether oxygens (including phenoxy) is 1. The molecule has 136 valence electrons. The molecule has 0 bridgehead atoms. The number of urea groups is 1. The van der Waals surface area contributed by atoms with E-state index in [4.69, 9.17) is 4.74 Å². The Morgan fingerprint density at radius 3 is 2.76 bits per heavy atom. The predicted octanol–water partition coefficient (Wildman–Crippen LogP) is 1.29. The molecule has 3 rings (SSSR count). The van der Waals surface area contributed by atoms with Crippen molar-refractivity contribution in [3.63, 3.8) is 0 Å². The fourth-order valence-corrected chi connectivity index (χ4v) is 3.27. The van der Waals surface area contributed by atoms with Crippen molar-refractivity contribution < 1.29 is 9.53 Å². The van der Waals surface area contributed by atoms with Crippen LogP contribution in [-0.4, -0.2) is 65.2 Å². The SMILES string of the molecule is CC1CN(CCNC(=O)NCCc2cn3ccccc3n2)CC(C)O1. The molecule has 2 aromatic heterocycles. The molecule has 0 spiro atoms. The number of fused-ring (bicyclic) bond motifs is 1. The Morgan fingerprint density at radius 1 is 1.24 bits per heavy atom. The van der Waals surface area contributed by atoms with E-state index in [-0.39, 0.29) is 18.2 Å². The summed E-state index contributed by atoms with van der Waals surface area (Å²) in [6.07, 6.45) is 5.19. The van der Waals surface area contributed by atoms with Gasteiger partial charge in [0.25, 0.3) is 0 Å². The molecule has 1 aliphatic heterocycles. The molecule has 3 heterocycles. The highest BCUT2D eigenvalue weighted by Gasteiger charge is 2.21. The van der Waals surface area contributed by atoms with Gasteiger partial charge in [0.1, 0.15) is 5.65 Å². The Balaban J connectivity index is 1.33. The number of rotatable bonds is 6. The molecule has 2 N–H and O–H groups in total. The Labute approximate surface area is 148 Å². The summed E-state index contributed by atoms with van der Waals surface area (Å²) in [5.41, 5.74) is 1.90. The number of amides is 2. The molecular weight excluding hydrogens is 318 g/mol. The van der Waals surface area contributed by atoms with Crippen LogP contribution in [-0.2, 0) is 11.2 Å². The summed E-state index contributed by atoms with van der Waals surface area (Å²) in [4.78, 5) is 18.7. The van der Waals surface area contributed by atoms with Crippen LogP contribution >= 0.6 is 0 Å². The molecule has 1 fully saturated rings. The van der Waals surface area contributed by atoms with Gasteiger partial charge >= 0.3 is 6.03 Å². The molecule has 0 aromatic carbocycles. The molecule has 25 heavy (non-hydrogen) atoms. The first-order valence-electron chi connectivity index (χ1n) is 8.92. The summed E-state index contributed by atoms with van der Waals surface area (Å²) in [6.45, 7) is 8.06. The second kappa shape index (κ2) is 8.31. The number of hydrogen-bond donors (Lipinski definition) is 2. The zero-order valence-corrected chi connectivity index (χ0v) is 14.9. The Morgan fingerprint density at radius 2 is 2.00 bits per heavy atom. The first-order chi connectivity index (χ1) is 12.1. The maximum Gasteiger partial charge on any atom is 0.314 e. The van der Waals surface area contributed by atoms with Crippen molar-refractivity contribution in [2.45, 2.75) is 32.5 Å². The molecule has 2 unspecified atom stereocenters. The Kier molecular flexibility index (Phi) is 5.88. The summed E-state index contributed by atoms with van der Waals surface area (Å²) >= 11 is 0. The molecule has 1 aliphatic rings. The van der Waals surface area contributed by atoms with Crippen molar-refractivity contribution in [1.29, 1.82) is 0 Å². The van der Waals surface area contributed by atoms with Crippen molar-refractivity contribution in [2.24, 2.45) is 0 Å². The van der Waals surface area contributed by atoms with E-state index in [1.807, 2.05) is 35.0 Å². The van der Waals surface area contributed by atoms with E-state index >= 15 is 0 Å². The third-order valence-corrected chi connectivity index (χ3v) is 4.29. The molecule has 0 aliphatic carbocycles. The molecule has 7 nitrogen and oxygen atoms in total. The highest BCUT2D eigenvalue weighted by Crippen LogP contribution is 2.09. The van der Waals surface area contributed by atoms with Gasteiger partial charge in [-0.1, -0.05) is 6.07 Å². The van der Waals surface area contributed by atoms with Crippen molar-refractivity contribution in [3.8, 4) is 0 Å². The minimum Gasteiger partial charge on any atom is -0.373 e. The fourth-order valence-electron chi connectivity index (χ4n) is 3.27. The van der Waals surface area contributed by atoms with Gasteiger partial charge in [-0.05, 0) is 26.0 Å². The Bertz CT molecular complexity index is 659. The Hall–Kier alpha value is -2.12. The van der Waals surface area contributed by atoms with E-state index in [1.54, 1.807) is 0 Å². The topological polar surface area (TPSA) is 70.9 Å². The highest BCUT2D eigenvalue weighted by atomic mass is 16.5. The van der Waals surface area contributed by atoms with Crippen LogP contribution in [0.2, 0.25) is 0 Å². The van der Waals surface area contributed by atoms with Crippen molar-refractivity contribution >= 4 is 11.7 Å². The van der Waals surface area contributed by atoms with E-state index in [0.717, 1.165) is 31.0 Å². The van der Waals surface area contributed by atoms with Gasteiger partial charge in [-0.3, -0.25) is 4.90 Å². The van der Waals surface area contributed by atoms with Crippen LogP contribution in [0.5, 0.6) is 0 Å². The van der Waals surface area contributed by atoms with Gasteiger partial charge in [-0.25, -0.2) is 9.78 Å². The summed E-state index contributed by atoms with van der Waals surface area (Å²) in [7, 11) is 0. The molecular formula is C18H27N5O2. The zero-order valence-electron chi connectivity index (χ0n) is 14.9. The van der Waals surface area contributed by atoms with E-state index in [2.05, 4.69) is 34.4 Å². The quantitative estimate of drug-likeness (QED) is 0.828. The van der Waals surface area contributed by atoms with E-state index in [1.165, 1.54) is 0 Å². The van der Waals surface area contributed by atoms with E-state index in [0.29, 0.717) is 19.5 Å². The first-order valence-corrected chi connectivity index (χ1v) is 8.92. The minimum absolute atomic E-state index is 0.127. The van der Waals surface area contributed by atoms with Gasteiger partial charge in [0.2, 0.25) is 0 Å². The third-order valence-electron chi connectivity index (χ3n) is 4.29. The predicted molar refractivity (Wildman–Crippen MR) is 96.7 cm³/mol. The second-order valence-electron chi connectivity index (χ2n) is 6.65. The van der Waals surface area contributed by atoms with Gasteiger partial charge in [-0.2, -0.15) is 0 Å². The summed E-state index contributed by atoms with van der Waals surface area (Å²) in [5.74, 6) is 0. The van der Waals surface area contributed by atoms with Crippen LogP contribution in [0.15, 0.2) is 30.6 Å². The van der Waals surface area contributed by atoms with Crippen LogP contribution in [0.4, 0.5) is 4.79 Å². The van der Waals surface area contributed by atoms with Crippen LogP contribution in [0.3, 0.4) is 0 Å². The van der Waals surface area contributed by atoms with E-state index in [9.17, 15) is 4.79 Å². The number of hydrogen-bond acceptors (Lipinski definition) is 4. The van der Waals surface area contributed by atoms with Gasteiger partial charge in [0.15, 0.2) is 0 Å². The standard InChI is InChI=1S/C18H27N5O2/c1-14-11-22(12-15(2)25-14)10-8-20-18(24)19-7-6-16-13-23-9-4-3-5-17(23)21-16/h3-5,9,13-15H,6-8,10-12H2,1-2H3,(H2,19,20,24). The van der Waals surface area contributed by atoms with Gasteiger partial charge < -0.3 is 19.8 Å². The number of nitrogens with zero attached hydrogens (tertiary/aromatic N) is 3. The highest BCUT2D eigenvalue weighted by molar-refractivity contribution is 5.73. The maximum atomic E-state index is 11.9. The number of nitrogens with one attached hydrogen (secondary N) is 2. The summed E-state index contributed by atoms with van der Waals surface area (Å²) in [5, 5.41) is 5.80. The summed E-state index contributed by atoms with van der Waals surface area (Å²) < 4.78 is 7.70. The van der Waals surface area contributed by atoms with Crippen LogP contribution in [0.25, 0.3) is 5.65 Å². The monoisotopic (exact) mass is 345 g/mol. The number of imidazole rings is 1. The zero-order chi connectivity index (χ0) is 17.6. The molecule has 2 amide bonds. The van der Waals surface area contributed by atoms with Gasteiger partial charge in [0.05, 0.1) is 17.9 Å². The molecule has 7 heteroatoms. The van der Waals surface area contributed by atoms with Crippen molar-refractivity contribution in [1.82, 2.24) is 24.9 Å². The molecule has 0 saturated carbocycles. The van der Waals surface area contributed by atoms with Crippen molar-refractivity contribution in [2.75, 3.05) is 32.7 Å². The number of carbonyl (C=O) groups is 1. The molecule has 0 radical (unpaired) electrons. The third kappa shape index (κ3) is 5.17. The smallest absolute Gasteiger partial charge is 0.314 e. The van der Waals surface area contributed by atoms with Crippen LogP contribution < -0.4 is 10.6 Å². The van der Waals surface area contributed by atoms with Crippen LogP contribution in [0.1, 0.15) is 19.5 Å². The number of carbonyl (C=O) groups excluding carboxylic acids is 1. The molecule has 2 atom stereocenters. The summed E-state index contributed by atoms with van der Waals surface area (Å²) in [6, 6.07) is 5.78. The fraction of sp³-hybridized carbons (Fsp3) is 0.556. The lowest BCUT2D eigenvalue weighted by Gasteiger charge is -2.35. The molecule has 1 saturated heterocycles. The van der Waals surface area contributed by atoms with Crippen LogP contribution in [0, 0.1) is 0 Å². The lowest BCUT2D eigenvalue weighted by molar-refractivity contribution is -0.0672. The van der Waals surface area contributed by atoms with Gasteiger partial charge in [-0.15, -0.1) is 0 Å². The number of pyridine rings is 1. The maximum absolute atomic E-state index is 11.9. The number of aromatic nitrogens is 2. The minimum atomic E-state index is -0.127. The lowest BCUT2D eigenvalue weighted by atomic mass is 10.2. The molecule has 2 aromatic rings. The lowest BCUT2D eigenvalue weighted by Crippen LogP contribution is -2.48. The normalized spacial score (nSPS) is 21.4. The van der Waals surface area contributed by atoms with Crippen molar-refractivity contribution in [3.05, 3.63) is 36.3 Å². The van der Waals surface area contributed by atoms with E-state index < -0.39 is 0 Å². The number of morpholine rings is 1. The average molecular weight is 345 g/mol. The first kappa shape index (κ1) is 17.7.